The lowest BCUT2D eigenvalue weighted by molar-refractivity contribution is 0.462. The number of aromatic nitrogens is 3. The predicted octanol–water partition coefficient (Wildman–Crippen LogP) is 8.41. The van der Waals surface area contributed by atoms with Crippen molar-refractivity contribution in [3.8, 4) is 17.4 Å². The summed E-state index contributed by atoms with van der Waals surface area (Å²) in [7, 11) is 0. The molecular formula is C31H27N3OS. The van der Waals surface area contributed by atoms with E-state index in [1.165, 1.54) is 10.9 Å². The van der Waals surface area contributed by atoms with Crippen molar-refractivity contribution in [2.75, 3.05) is 0 Å². The smallest absolute Gasteiger partial charge is 0.220 e. The number of fused-ring (bicyclic) bond motifs is 4. The highest BCUT2D eigenvalue weighted by atomic mass is 32.1. The van der Waals surface area contributed by atoms with Crippen LogP contribution >= 0.6 is 12.6 Å². The molecule has 0 saturated heterocycles. The first-order chi connectivity index (χ1) is 17.3. The lowest BCUT2D eigenvalue weighted by Crippen LogP contribution is -2.12. The zero-order chi connectivity index (χ0) is 25.0. The van der Waals surface area contributed by atoms with Gasteiger partial charge in [0.1, 0.15) is 11.6 Å². The molecule has 0 amide bonds. The van der Waals surface area contributed by atoms with E-state index in [-0.39, 0.29) is 5.41 Å². The van der Waals surface area contributed by atoms with E-state index in [1.54, 1.807) is 0 Å². The average molecular weight is 490 g/mol. The van der Waals surface area contributed by atoms with Crippen LogP contribution in [-0.4, -0.2) is 14.5 Å². The van der Waals surface area contributed by atoms with E-state index in [9.17, 15) is 0 Å². The lowest BCUT2D eigenvalue weighted by Gasteiger charge is -2.22. The fourth-order valence-electron chi connectivity index (χ4n) is 4.91. The maximum atomic E-state index is 6.42. The minimum absolute atomic E-state index is 0.0753. The number of benzene rings is 3. The topological polar surface area (TPSA) is 39.9 Å². The molecule has 0 saturated carbocycles. The van der Waals surface area contributed by atoms with Gasteiger partial charge in [-0.15, -0.1) is 12.6 Å². The lowest BCUT2D eigenvalue weighted by atomic mass is 9.85. The second kappa shape index (κ2) is 8.38. The summed E-state index contributed by atoms with van der Waals surface area (Å²) in [6, 6.07) is 26.9. The molecule has 5 heteroatoms. The molecule has 3 aromatic carbocycles. The molecule has 3 heterocycles. The first-order valence-electron chi connectivity index (χ1n) is 12.1. The van der Waals surface area contributed by atoms with Gasteiger partial charge in [-0.1, -0.05) is 51.1 Å². The van der Waals surface area contributed by atoms with Crippen LogP contribution in [0.1, 0.15) is 31.9 Å². The van der Waals surface area contributed by atoms with E-state index in [4.69, 9.17) is 9.72 Å². The Morgan fingerprint density at radius 3 is 2.39 bits per heavy atom. The molecule has 0 fully saturated rings. The minimum atomic E-state index is -0.0753. The van der Waals surface area contributed by atoms with E-state index in [2.05, 4.69) is 104 Å². The number of pyridine rings is 2. The maximum absolute atomic E-state index is 6.42. The molecule has 0 aliphatic heterocycles. The zero-order valence-corrected chi connectivity index (χ0v) is 21.7. The second-order valence-corrected chi connectivity index (χ2v) is 10.7. The SMILES string of the molecule is Cc1ccnc(-n2c3ccccc3c3ccc(Oc4cc(C(C)(C)C)c5cccc(S)c5n4)cc32)c1. The van der Waals surface area contributed by atoms with Crippen molar-refractivity contribution in [3.63, 3.8) is 0 Å². The number of nitrogens with zero attached hydrogens (tertiary/aromatic N) is 3. The first-order valence-corrected chi connectivity index (χ1v) is 12.5. The molecule has 3 aromatic heterocycles. The number of hydrogen-bond donors (Lipinski definition) is 1. The summed E-state index contributed by atoms with van der Waals surface area (Å²) in [5.41, 5.74) is 5.27. The highest BCUT2D eigenvalue weighted by Gasteiger charge is 2.21. The summed E-state index contributed by atoms with van der Waals surface area (Å²) in [6.07, 6.45) is 1.85. The zero-order valence-electron chi connectivity index (χ0n) is 20.8. The maximum Gasteiger partial charge on any atom is 0.220 e. The van der Waals surface area contributed by atoms with Crippen LogP contribution in [0.25, 0.3) is 38.5 Å². The van der Waals surface area contributed by atoms with Crippen LogP contribution in [0.5, 0.6) is 11.6 Å². The van der Waals surface area contributed by atoms with Crippen molar-refractivity contribution in [3.05, 3.63) is 96.2 Å². The van der Waals surface area contributed by atoms with Crippen LogP contribution in [0.3, 0.4) is 0 Å². The molecule has 36 heavy (non-hydrogen) atoms. The van der Waals surface area contributed by atoms with Crippen molar-refractivity contribution in [2.45, 2.75) is 38.0 Å². The average Bonchev–Trinajstić information content (AvgIpc) is 3.17. The van der Waals surface area contributed by atoms with Gasteiger partial charge in [-0.25, -0.2) is 9.97 Å². The van der Waals surface area contributed by atoms with E-state index in [1.807, 2.05) is 30.5 Å². The summed E-state index contributed by atoms with van der Waals surface area (Å²) in [4.78, 5) is 10.4. The summed E-state index contributed by atoms with van der Waals surface area (Å²) in [5, 5.41) is 3.44. The molecule has 6 aromatic rings. The molecule has 0 unspecified atom stereocenters. The molecule has 0 atom stereocenters. The highest BCUT2D eigenvalue weighted by Crippen LogP contribution is 2.37. The molecule has 4 nitrogen and oxygen atoms in total. The summed E-state index contributed by atoms with van der Waals surface area (Å²) in [5.74, 6) is 2.17. The number of rotatable bonds is 3. The fraction of sp³-hybridized carbons (Fsp3) is 0.161. The van der Waals surface area contributed by atoms with Gasteiger partial charge in [0.05, 0.1) is 16.6 Å². The van der Waals surface area contributed by atoms with Gasteiger partial charge in [0.2, 0.25) is 5.88 Å². The number of thiol groups is 1. The Labute approximate surface area is 216 Å². The third-order valence-corrected chi connectivity index (χ3v) is 6.96. The Kier molecular flexibility index (Phi) is 5.27. The van der Waals surface area contributed by atoms with Crippen LogP contribution in [0.4, 0.5) is 0 Å². The monoisotopic (exact) mass is 489 g/mol. The quantitative estimate of drug-likeness (QED) is 0.254. The fourth-order valence-corrected chi connectivity index (χ4v) is 5.16. The first kappa shape index (κ1) is 22.6. The molecule has 0 radical (unpaired) electrons. The molecule has 0 aliphatic carbocycles. The van der Waals surface area contributed by atoms with Crippen LogP contribution < -0.4 is 4.74 Å². The molecule has 178 valence electrons. The largest absolute Gasteiger partial charge is 0.439 e. The Balaban J connectivity index is 1.54. The number of hydrogen-bond acceptors (Lipinski definition) is 4. The summed E-state index contributed by atoms with van der Waals surface area (Å²) in [6.45, 7) is 8.70. The van der Waals surface area contributed by atoms with Gasteiger partial charge in [0.25, 0.3) is 0 Å². The van der Waals surface area contributed by atoms with Crippen molar-refractivity contribution in [2.24, 2.45) is 0 Å². The van der Waals surface area contributed by atoms with Gasteiger partial charge in [-0.2, -0.15) is 0 Å². The summed E-state index contributed by atoms with van der Waals surface area (Å²) < 4.78 is 8.62. The minimum Gasteiger partial charge on any atom is -0.439 e. The van der Waals surface area contributed by atoms with E-state index >= 15 is 0 Å². The normalized spacial score (nSPS) is 12.0. The number of ether oxygens (including phenoxy) is 1. The Morgan fingerprint density at radius 1 is 0.806 bits per heavy atom. The molecule has 0 bridgehead atoms. The predicted molar refractivity (Wildman–Crippen MR) is 151 cm³/mol. The van der Waals surface area contributed by atoms with Crippen molar-refractivity contribution < 1.29 is 4.74 Å². The van der Waals surface area contributed by atoms with E-state index < -0.39 is 0 Å². The molecule has 0 N–H and O–H groups in total. The van der Waals surface area contributed by atoms with Gasteiger partial charge in [0.15, 0.2) is 0 Å². The van der Waals surface area contributed by atoms with Crippen molar-refractivity contribution in [1.29, 1.82) is 0 Å². The van der Waals surface area contributed by atoms with Crippen molar-refractivity contribution in [1.82, 2.24) is 14.5 Å². The van der Waals surface area contributed by atoms with Crippen molar-refractivity contribution >= 4 is 45.3 Å². The van der Waals surface area contributed by atoms with Crippen LogP contribution in [0, 0.1) is 6.92 Å². The molecule has 0 spiro atoms. The van der Waals surface area contributed by atoms with Gasteiger partial charge < -0.3 is 4.74 Å². The molecule has 0 aliphatic rings. The number of aryl methyl sites for hydroxylation is 1. The molecular weight excluding hydrogens is 462 g/mol. The van der Waals surface area contributed by atoms with Crippen LogP contribution in [0.15, 0.2) is 90.0 Å². The van der Waals surface area contributed by atoms with E-state index in [0.29, 0.717) is 5.88 Å². The second-order valence-electron chi connectivity index (χ2n) is 10.3. The Morgan fingerprint density at radius 2 is 1.58 bits per heavy atom. The van der Waals surface area contributed by atoms with Crippen LogP contribution in [-0.2, 0) is 5.41 Å². The van der Waals surface area contributed by atoms with Crippen LogP contribution in [0.2, 0.25) is 0 Å². The summed E-state index contributed by atoms with van der Waals surface area (Å²) >= 11 is 4.68. The Bertz CT molecular complexity index is 1780. The van der Waals surface area contributed by atoms with E-state index in [0.717, 1.165) is 49.3 Å². The van der Waals surface area contributed by atoms with Gasteiger partial charge in [0, 0.05) is 39.4 Å². The standard InChI is InChI=1S/C31H27N3OS/c1-19-14-15-32-28(16-19)34-25-10-6-5-8-21(25)22-13-12-20(17-26(22)34)35-29-18-24(31(2,3)4)23-9-7-11-27(36)30(23)33-29/h5-18,36H,1-4H3. The van der Waals surface area contributed by atoms with Gasteiger partial charge in [-0.05, 0) is 59.9 Å². The molecule has 6 rings (SSSR count). The third kappa shape index (κ3) is 3.80. The number of para-hydroxylation sites is 2. The van der Waals surface area contributed by atoms with Gasteiger partial charge >= 0.3 is 0 Å². The third-order valence-electron chi connectivity index (χ3n) is 6.60. The Hall–Kier alpha value is -3.83. The van der Waals surface area contributed by atoms with Gasteiger partial charge in [-0.3, -0.25) is 4.57 Å². The highest BCUT2D eigenvalue weighted by molar-refractivity contribution is 7.80.